The summed E-state index contributed by atoms with van der Waals surface area (Å²) in [6.45, 7) is 2.05. The number of rotatable bonds is 8. The van der Waals surface area contributed by atoms with Gasteiger partial charge in [-0.15, -0.1) is 0 Å². The number of benzene rings is 8. The van der Waals surface area contributed by atoms with Crippen LogP contribution < -0.4 is 31.8 Å². The molecule has 0 saturated heterocycles. The molecular formula is C46H36O2P2. The van der Waals surface area contributed by atoms with Gasteiger partial charge in [-0.3, -0.25) is 0 Å². The van der Waals surface area contributed by atoms with Crippen molar-refractivity contribution in [2.45, 2.75) is 13.3 Å². The highest BCUT2D eigenvalue weighted by Crippen LogP contribution is 2.47. The Balaban J connectivity index is 1.47. The van der Waals surface area contributed by atoms with E-state index in [-0.39, 0.29) is 0 Å². The molecule has 0 aliphatic carbocycles. The summed E-state index contributed by atoms with van der Waals surface area (Å²) >= 11 is 0. The molecule has 0 radical (unpaired) electrons. The summed E-state index contributed by atoms with van der Waals surface area (Å²) in [5.41, 5.74) is 3.09. The van der Waals surface area contributed by atoms with Gasteiger partial charge in [-0.2, -0.15) is 0 Å². The molecule has 4 heteroatoms. The number of hydrogen-bond donors (Lipinski definition) is 0. The topological polar surface area (TPSA) is 34.1 Å². The highest BCUT2D eigenvalue weighted by Gasteiger charge is 2.36. The summed E-state index contributed by atoms with van der Waals surface area (Å²) in [6, 6.07) is 62.8. The Morgan fingerprint density at radius 1 is 0.360 bits per heavy atom. The van der Waals surface area contributed by atoms with Crippen molar-refractivity contribution < 1.29 is 9.13 Å². The van der Waals surface area contributed by atoms with Crippen molar-refractivity contribution in [3.8, 4) is 0 Å². The van der Waals surface area contributed by atoms with E-state index in [4.69, 9.17) is 0 Å². The zero-order valence-electron chi connectivity index (χ0n) is 27.8. The molecule has 1 unspecified atom stereocenters. The second kappa shape index (κ2) is 13.2. The first kappa shape index (κ1) is 32.0. The molecule has 1 atom stereocenters. The maximum absolute atomic E-state index is 16.1. The third-order valence-electron chi connectivity index (χ3n) is 9.82. The van der Waals surface area contributed by atoms with Crippen molar-refractivity contribution in [3.05, 3.63) is 205 Å². The molecule has 8 rings (SSSR count). The Morgan fingerprint density at radius 2 is 0.700 bits per heavy atom. The van der Waals surface area contributed by atoms with Crippen molar-refractivity contribution in [1.29, 1.82) is 0 Å². The van der Waals surface area contributed by atoms with Crippen LogP contribution in [-0.2, 0) is 15.6 Å². The van der Waals surface area contributed by atoms with Crippen molar-refractivity contribution in [2.75, 3.05) is 0 Å². The lowest BCUT2D eigenvalue weighted by Crippen LogP contribution is -2.30. The SMILES string of the molecule is Cc1ccc(P(=O)(c2ccccc2)c2ccc3ccccc3c2Cc2c(P(=O)(c3ccccc3)c3ccccc3)ccc3ccccc23)cc1. The molecule has 0 N–H and O–H groups in total. The molecule has 0 spiro atoms. The normalized spacial score (nSPS) is 12.9. The lowest BCUT2D eigenvalue weighted by Gasteiger charge is -2.27. The predicted molar refractivity (Wildman–Crippen MR) is 214 cm³/mol. The van der Waals surface area contributed by atoms with Crippen LogP contribution in [0.2, 0.25) is 0 Å². The molecule has 8 aromatic rings. The van der Waals surface area contributed by atoms with Crippen molar-refractivity contribution in [1.82, 2.24) is 0 Å². The van der Waals surface area contributed by atoms with E-state index in [2.05, 4.69) is 67.6 Å². The van der Waals surface area contributed by atoms with Crippen LogP contribution in [0.1, 0.15) is 16.7 Å². The summed E-state index contributed by atoms with van der Waals surface area (Å²) in [5, 5.41) is 9.00. The summed E-state index contributed by atoms with van der Waals surface area (Å²) < 4.78 is 32.2. The number of aryl methyl sites for hydroxylation is 1. The third-order valence-corrected chi connectivity index (χ3v) is 16.1. The fraction of sp³-hybridized carbons (Fsp3) is 0.0435. The van der Waals surface area contributed by atoms with Crippen molar-refractivity contribution in [3.63, 3.8) is 0 Å². The summed E-state index contributed by atoms with van der Waals surface area (Å²) in [7, 11) is -6.74. The summed E-state index contributed by atoms with van der Waals surface area (Å²) in [4.78, 5) is 0. The summed E-state index contributed by atoms with van der Waals surface area (Å²) in [5.74, 6) is 0. The summed E-state index contributed by atoms with van der Waals surface area (Å²) in [6.07, 6.45) is 0.444. The molecule has 50 heavy (non-hydrogen) atoms. The highest BCUT2D eigenvalue weighted by atomic mass is 31.2. The third kappa shape index (κ3) is 5.46. The fourth-order valence-corrected chi connectivity index (χ4v) is 13.1. The van der Waals surface area contributed by atoms with Gasteiger partial charge < -0.3 is 9.13 Å². The Hall–Kier alpha value is -5.26. The first-order chi connectivity index (χ1) is 24.5. The first-order valence-corrected chi connectivity index (χ1v) is 20.4. The fourth-order valence-electron chi connectivity index (χ4n) is 7.31. The Bertz CT molecular complexity index is 2520. The second-order valence-corrected chi connectivity index (χ2v) is 18.3. The van der Waals surface area contributed by atoms with Gasteiger partial charge in [0.1, 0.15) is 0 Å². The van der Waals surface area contributed by atoms with Crippen LogP contribution in [0.15, 0.2) is 188 Å². The number of hydrogen-bond acceptors (Lipinski definition) is 2. The molecule has 2 nitrogen and oxygen atoms in total. The van der Waals surface area contributed by atoms with Crippen LogP contribution >= 0.6 is 14.3 Å². The van der Waals surface area contributed by atoms with Gasteiger partial charge in [0, 0.05) is 38.2 Å². The zero-order chi connectivity index (χ0) is 34.1. The monoisotopic (exact) mass is 682 g/mol. The zero-order valence-corrected chi connectivity index (χ0v) is 29.6. The van der Waals surface area contributed by atoms with Crippen LogP contribution in [0, 0.1) is 6.92 Å². The largest absolute Gasteiger partial charge is 0.309 e. The van der Waals surface area contributed by atoms with E-state index in [1.54, 1.807) is 0 Å². The van der Waals surface area contributed by atoms with E-state index in [9.17, 15) is 0 Å². The average Bonchev–Trinajstić information content (AvgIpc) is 3.19. The molecule has 0 amide bonds. The lowest BCUT2D eigenvalue weighted by molar-refractivity contribution is 0.591. The molecule has 242 valence electrons. The lowest BCUT2D eigenvalue weighted by atomic mass is 9.95. The minimum Gasteiger partial charge on any atom is -0.309 e. The molecule has 0 fully saturated rings. The quantitative estimate of drug-likeness (QED) is 0.150. The molecule has 0 saturated carbocycles. The minimum absolute atomic E-state index is 0.444. The van der Waals surface area contributed by atoms with Crippen LogP contribution in [0.5, 0.6) is 0 Å². The van der Waals surface area contributed by atoms with Crippen LogP contribution in [0.4, 0.5) is 0 Å². The molecule has 0 bridgehead atoms. The Kier molecular flexibility index (Phi) is 8.45. The molecule has 0 aliphatic rings. The van der Waals surface area contributed by atoms with Crippen molar-refractivity contribution >= 4 is 67.7 Å². The van der Waals surface area contributed by atoms with E-state index in [1.807, 2.05) is 127 Å². The molecule has 0 aromatic heterocycles. The first-order valence-electron chi connectivity index (χ1n) is 16.9. The van der Waals surface area contributed by atoms with Gasteiger partial charge in [-0.1, -0.05) is 181 Å². The predicted octanol–water partition coefficient (Wildman–Crippen LogP) is 9.17. The van der Waals surface area contributed by atoms with E-state index < -0.39 is 14.3 Å². The molecule has 0 heterocycles. The van der Waals surface area contributed by atoms with E-state index in [0.29, 0.717) is 6.42 Å². The second-order valence-electron chi connectivity index (χ2n) is 12.8. The van der Waals surface area contributed by atoms with Crippen LogP contribution in [0.3, 0.4) is 0 Å². The highest BCUT2D eigenvalue weighted by molar-refractivity contribution is 7.86. The van der Waals surface area contributed by atoms with E-state index in [0.717, 1.165) is 70.1 Å². The van der Waals surface area contributed by atoms with Gasteiger partial charge in [0.05, 0.1) is 0 Å². The average molecular weight is 683 g/mol. The van der Waals surface area contributed by atoms with E-state index >= 15 is 9.13 Å². The van der Waals surface area contributed by atoms with Crippen molar-refractivity contribution in [2.24, 2.45) is 0 Å². The maximum atomic E-state index is 16.1. The Morgan fingerprint density at radius 3 is 1.10 bits per heavy atom. The van der Waals surface area contributed by atoms with Gasteiger partial charge in [0.2, 0.25) is 0 Å². The minimum atomic E-state index is -3.38. The van der Waals surface area contributed by atoms with Gasteiger partial charge in [0.15, 0.2) is 14.3 Å². The molecular weight excluding hydrogens is 646 g/mol. The van der Waals surface area contributed by atoms with Gasteiger partial charge >= 0.3 is 0 Å². The van der Waals surface area contributed by atoms with Crippen LogP contribution in [0.25, 0.3) is 21.5 Å². The van der Waals surface area contributed by atoms with Crippen LogP contribution in [-0.4, -0.2) is 0 Å². The number of fused-ring (bicyclic) bond motifs is 2. The van der Waals surface area contributed by atoms with Gasteiger partial charge in [-0.05, 0) is 51.7 Å². The Labute approximate surface area is 293 Å². The van der Waals surface area contributed by atoms with Gasteiger partial charge in [-0.25, -0.2) is 0 Å². The molecule has 0 aliphatic heterocycles. The standard InChI is InChI=1S/C46H36O2P2/c1-34-25-29-40(30-26-34)50(48,39-21-9-4-10-22-39)46-32-28-36-16-12-14-24-42(36)44(46)33-43-41-23-13-11-15-35(41)27-31-45(43)49(47,37-17-5-2-6-18-37)38-19-7-3-8-20-38/h2-32H,33H2,1H3. The van der Waals surface area contributed by atoms with E-state index in [1.165, 1.54) is 0 Å². The smallest absolute Gasteiger partial charge is 0.171 e. The molecule has 8 aromatic carbocycles. The maximum Gasteiger partial charge on any atom is 0.171 e. The van der Waals surface area contributed by atoms with Gasteiger partial charge in [0.25, 0.3) is 0 Å².